The van der Waals surface area contributed by atoms with Gasteiger partial charge in [-0.05, 0) is 37.5 Å². The van der Waals surface area contributed by atoms with E-state index in [2.05, 4.69) is 51.4 Å². The fourth-order valence-electron chi connectivity index (χ4n) is 3.10. The van der Waals surface area contributed by atoms with Crippen LogP contribution in [-0.2, 0) is 0 Å². The van der Waals surface area contributed by atoms with Gasteiger partial charge in [-0.25, -0.2) is 9.97 Å². The lowest BCUT2D eigenvalue weighted by Crippen LogP contribution is -2.48. The summed E-state index contributed by atoms with van der Waals surface area (Å²) >= 11 is 0. The molecule has 1 aliphatic carbocycles. The van der Waals surface area contributed by atoms with Crippen LogP contribution in [0.15, 0.2) is 36.7 Å². The summed E-state index contributed by atoms with van der Waals surface area (Å²) in [6.07, 6.45) is 5.62. The van der Waals surface area contributed by atoms with E-state index in [9.17, 15) is 4.79 Å². The Morgan fingerprint density at radius 2 is 1.84 bits per heavy atom. The lowest BCUT2D eigenvalue weighted by molar-refractivity contribution is 0.0746. The molecular formula is C19H23N5O. The topological polar surface area (TPSA) is 61.4 Å². The highest BCUT2D eigenvalue weighted by Crippen LogP contribution is 2.23. The molecule has 2 aliphatic rings. The Balaban J connectivity index is 1.35. The van der Waals surface area contributed by atoms with Crippen LogP contribution in [0.3, 0.4) is 0 Å². The van der Waals surface area contributed by atoms with Crippen LogP contribution in [0, 0.1) is 6.92 Å². The van der Waals surface area contributed by atoms with E-state index in [0.29, 0.717) is 17.6 Å². The number of rotatable bonds is 4. The predicted molar refractivity (Wildman–Crippen MR) is 98.0 cm³/mol. The van der Waals surface area contributed by atoms with Crippen molar-refractivity contribution < 1.29 is 4.79 Å². The van der Waals surface area contributed by atoms with Gasteiger partial charge >= 0.3 is 0 Å². The highest BCUT2D eigenvalue weighted by Gasteiger charge is 2.24. The fraction of sp³-hybridized carbons (Fsp3) is 0.421. The minimum Gasteiger partial charge on any atom is -0.368 e. The van der Waals surface area contributed by atoms with E-state index >= 15 is 0 Å². The van der Waals surface area contributed by atoms with Crippen LogP contribution < -0.4 is 10.2 Å². The molecule has 0 atom stereocenters. The summed E-state index contributed by atoms with van der Waals surface area (Å²) in [6.45, 7) is 5.23. The number of carbonyl (C=O) groups excluding carboxylic acids is 1. The molecule has 6 nitrogen and oxygen atoms in total. The molecular weight excluding hydrogens is 314 g/mol. The number of aryl methyl sites for hydroxylation is 1. The molecule has 25 heavy (non-hydrogen) atoms. The monoisotopic (exact) mass is 337 g/mol. The molecule has 1 saturated heterocycles. The quantitative estimate of drug-likeness (QED) is 0.928. The number of hydrogen-bond donors (Lipinski definition) is 1. The van der Waals surface area contributed by atoms with Gasteiger partial charge in [-0.2, -0.15) is 0 Å². The predicted octanol–water partition coefficient (Wildman–Crippen LogP) is 2.32. The van der Waals surface area contributed by atoms with Gasteiger partial charge in [-0.3, -0.25) is 4.79 Å². The summed E-state index contributed by atoms with van der Waals surface area (Å²) in [5.74, 6) is 0.630. The lowest BCUT2D eigenvalue weighted by atomic mass is 10.2. The van der Waals surface area contributed by atoms with E-state index in [1.807, 2.05) is 4.90 Å². The van der Waals surface area contributed by atoms with E-state index < -0.39 is 0 Å². The van der Waals surface area contributed by atoms with Crippen molar-refractivity contribution in [3.63, 3.8) is 0 Å². The van der Waals surface area contributed by atoms with Gasteiger partial charge in [-0.15, -0.1) is 0 Å². The largest absolute Gasteiger partial charge is 0.368 e. The maximum atomic E-state index is 12.6. The number of nitrogens with zero attached hydrogens (tertiary/aromatic N) is 4. The second-order valence-corrected chi connectivity index (χ2v) is 6.83. The zero-order valence-corrected chi connectivity index (χ0v) is 14.5. The van der Waals surface area contributed by atoms with Crippen molar-refractivity contribution in [3.8, 4) is 0 Å². The molecule has 1 aromatic carbocycles. The zero-order valence-electron chi connectivity index (χ0n) is 14.5. The molecule has 1 N–H and O–H groups in total. The van der Waals surface area contributed by atoms with Crippen LogP contribution in [-0.4, -0.2) is 53.0 Å². The van der Waals surface area contributed by atoms with Crippen LogP contribution in [0.1, 0.15) is 28.8 Å². The average Bonchev–Trinajstić information content (AvgIpc) is 3.46. The fourth-order valence-corrected chi connectivity index (χ4v) is 3.10. The van der Waals surface area contributed by atoms with Crippen molar-refractivity contribution in [2.75, 3.05) is 36.4 Å². The molecule has 0 bridgehead atoms. The number of anilines is 2. The molecule has 1 aliphatic heterocycles. The Morgan fingerprint density at radius 1 is 1.12 bits per heavy atom. The summed E-state index contributed by atoms with van der Waals surface area (Å²) < 4.78 is 0. The molecule has 0 unspecified atom stereocenters. The number of carbonyl (C=O) groups is 1. The first kappa shape index (κ1) is 15.9. The molecule has 6 heteroatoms. The van der Waals surface area contributed by atoms with Crippen molar-refractivity contribution in [1.29, 1.82) is 0 Å². The first-order chi connectivity index (χ1) is 12.2. The Kier molecular flexibility index (Phi) is 4.26. The van der Waals surface area contributed by atoms with Crippen LogP contribution in [0.5, 0.6) is 0 Å². The molecule has 2 fully saturated rings. The molecule has 1 aromatic heterocycles. The summed E-state index contributed by atoms with van der Waals surface area (Å²) in [5.41, 5.74) is 3.05. The highest BCUT2D eigenvalue weighted by molar-refractivity contribution is 5.93. The van der Waals surface area contributed by atoms with Gasteiger partial charge in [-0.1, -0.05) is 12.1 Å². The van der Waals surface area contributed by atoms with E-state index in [0.717, 1.165) is 26.2 Å². The number of amides is 1. The standard InChI is InChI=1S/C19H23N5O/c1-14-3-2-4-17(11-14)23-7-9-24(10-8-23)18(25)15-12-20-19(21-13-15)22-16-5-6-16/h2-4,11-13,16H,5-10H2,1H3,(H,20,21,22). The maximum absolute atomic E-state index is 12.6. The summed E-state index contributed by atoms with van der Waals surface area (Å²) in [4.78, 5) is 25.4. The van der Waals surface area contributed by atoms with Gasteiger partial charge in [0.25, 0.3) is 5.91 Å². The van der Waals surface area contributed by atoms with Gasteiger partial charge in [0, 0.05) is 50.3 Å². The van der Waals surface area contributed by atoms with Gasteiger partial charge < -0.3 is 15.1 Å². The Bertz CT molecular complexity index is 749. The lowest BCUT2D eigenvalue weighted by Gasteiger charge is -2.36. The number of benzene rings is 1. The van der Waals surface area contributed by atoms with Crippen LogP contribution in [0.4, 0.5) is 11.6 Å². The average molecular weight is 337 g/mol. The van der Waals surface area contributed by atoms with Gasteiger partial charge in [0.15, 0.2) is 0 Å². The molecule has 1 saturated carbocycles. The molecule has 130 valence electrons. The first-order valence-corrected chi connectivity index (χ1v) is 8.88. The van der Waals surface area contributed by atoms with Gasteiger partial charge in [0.2, 0.25) is 5.95 Å². The third-order valence-electron chi connectivity index (χ3n) is 4.74. The SMILES string of the molecule is Cc1cccc(N2CCN(C(=O)c3cnc(NC4CC4)nc3)CC2)c1. The maximum Gasteiger partial charge on any atom is 0.257 e. The molecule has 2 aromatic rings. The zero-order chi connectivity index (χ0) is 17.2. The number of piperazine rings is 1. The summed E-state index contributed by atoms with van der Waals surface area (Å²) in [6, 6.07) is 9.01. The smallest absolute Gasteiger partial charge is 0.257 e. The molecule has 0 spiro atoms. The molecule has 2 heterocycles. The van der Waals surface area contributed by atoms with Crippen molar-refractivity contribution in [3.05, 3.63) is 47.8 Å². The Morgan fingerprint density at radius 3 is 2.48 bits per heavy atom. The Labute approximate surface area is 147 Å². The van der Waals surface area contributed by atoms with Gasteiger partial charge in [0.05, 0.1) is 5.56 Å². The normalized spacial score (nSPS) is 17.5. The van der Waals surface area contributed by atoms with Crippen molar-refractivity contribution in [1.82, 2.24) is 14.9 Å². The second kappa shape index (κ2) is 6.70. The number of nitrogens with one attached hydrogen (secondary N) is 1. The van der Waals surface area contributed by atoms with Crippen molar-refractivity contribution >= 4 is 17.5 Å². The van der Waals surface area contributed by atoms with E-state index in [1.54, 1.807) is 12.4 Å². The van der Waals surface area contributed by atoms with Crippen LogP contribution >= 0.6 is 0 Å². The van der Waals surface area contributed by atoms with Gasteiger partial charge in [0.1, 0.15) is 0 Å². The minimum absolute atomic E-state index is 0.0156. The minimum atomic E-state index is 0.0156. The second-order valence-electron chi connectivity index (χ2n) is 6.83. The highest BCUT2D eigenvalue weighted by atomic mass is 16.2. The first-order valence-electron chi connectivity index (χ1n) is 8.88. The number of hydrogen-bond acceptors (Lipinski definition) is 5. The molecule has 4 rings (SSSR count). The third kappa shape index (κ3) is 3.73. The summed E-state index contributed by atoms with van der Waals surface area (Å²) in [5, 5.41) is 3.24. The van der Waals surface area contributed by atoms with Crippen LogP contribution in [0.25, 0.3) is 0 Å². The van der Waals surface area contributed by atoms with Crippen molar-refractivity contribution in [2.45, 2.75) is 25.8 Å². The van der Waals surface area contributed by atoms with E-state index in [1.165, 1.54) is 24.1 Å². The van der Waals surface area contributed by atoms with Crippen molar-refractivity contribution in [2.24, 2.45) is 0 Å². The molecule has 0 radical (unpaired) electrons. The summed E-state index contributed by atoms with van der Waals surface area (Å²) in [7, 11) is 0. The third-order valence-corrected chi connectivity index (χ3v) is 4.74. The van der Waals surface area contributed by atoms with E-state index in [4.69, 9.17) is 0 Å². The molecule has 1 amide bonds. The number of aromatic nitrogens is 2. The van der Waals surface area contributed by atoms with Crippen LogP contribution in [0.2, 0.25) is 0 Å². The Hall–Kier alpha value is -2.63. The van der Waals surface area contributed by atoms with E-state index in [-0.39, 0.29) is 5.91 Å².